The van der Waals surface area contributed by atoms with E-state index < -0.39 is 10.8 Å². The molecule has 2 aromatic rings. The summed E-state index contributed by atoms with van der Waals surface area (Å²) in [5, 5.41) is 23.3. The highest BCUT2D eigenvalue weighted by atomic mass is 16.6. The third-order valence-corrected chi connectivity index (χ3v) is 2.85. The molecule has 0 bridgehead atoms. The maximum absolute atomic E-state index is 11.6. The molecular weight excluding hydrogens is 312 g/mol. The van der Waals surface area contributed by atoms with Gasteiger partial charge in [0.1, 0.15) is 11.8 Å². The van der Waals surface area contributed by atoms with Crippen LogP contribution in [0.15, 0.2) is 53.6 Å². The predicted octanol–water partition coefficient (Wildman–Crippen LogP) is 2.00. The first kappa shape index (κ1) is 16.6. The molecule has 8 nitrogen and oxygen atoms in total. The lowest BCUT2D eigenvalue weighted by Crippen LogP contribution is -2.24. The van der Waals surface area contributed by atoms with E-state index >= 15 is 0 Å². The monoisotopic (exact) mass is 324 g/mol. The molecule has 2 rings (SSSR count). The average molecular weight is 324 g/mol. The minimum Gasteiger partial charge on any atom is -0.482 e. The molecule has 0 fully saturated rings. The highest BCUT2D eigenvalue weighted by Crippen LogP contribution is 2.16. The van der Waals surface area contributed by atoms with E-state index in [1.807, 2.05) is 6.07 Å². The minimum absolute atomic E-state index is 0.0679. The van der Waals surface area contributed by atoms with E-state index in [0.717, 1.165) is 0 Å². The number of carbonyl (C=O) groups excluding carboxylic acids is 1. The summed E-state index contributed by atoms with van der Waals surface area (Å²) in [6.07, 6.45) is 1.29. The number of hydrogen-bond donors (Lipinski definition) is 1. The SMILES string of the molecule is N#Cc1ccccc1OCC(=O)NN=Cc1cccc([N+](=O)[O-])c1. The van der Waals surface area contributed by atoms with Gasteiger partial charge in [0, 0.05) is 17.7 Å². The van der Waals surface area contributed by atoms with Crippen LogP contribution in [-0.4, -0.2) is 23.7 Å². The number of nitrogens with one attached hydrogen (secondary N) is 1. The smallest absolute Gasteiger partial charge is 0.277 e. The van der Waals surface area contributed by atoms with E-state index in [0.29, 0.717) is 16.9 Å². The molecule has 8 heteroatoms. The van der Waals surface area contributed by atoms with Crippen molar-refractivity contribution >= 4 is 17.8 Å². The Hall–Kier alpha value is -3.73. The van der Waals surface area contributed by atoms with E-state index in [1.54, 1.807) is 30.3 Å². The van der Waals surface area contributed by atoms with Crippen LogP contribution >= 0.6 is 0 Å². The first-order chi connectivity index (χ1) is 11.6. The first-order valence-corrected chi connectivity index (χ1v) is 6.78. The van der Waals surface area contributed by atoms with Crippen molar-refractivity contribution in [2.45, 2.75) is 0 Å². The second-order valence-corrected chi connectivity index (χ2v) is 4.54. The van der Waals surface area contributed by atoms with Gasteiger partial charge >= 0.3 is 0 Å². The fourth-order valence-corrected chi connectivity index (χ4v) is 1.76. The summed E-state index contributed by atoms with van der Waals surface area (Å²) in [4.78, 5) is 21.8. The zero-order valence-electron chi connectivity index (χ0n) is 12.4. The van der Waals surface area contributed by atoms with Crippen molar-refractivity contribution in [3.05, 3.63) is 69.8 Å². The van der Waals surface area contributed by atoms with E-state index in [2.05, 4.69) is 10.5 Å². The van der Waals surface area contributed by atoms with Crippen LogP contribution in [0.2, 0.25) is 0 Å². The first-order valence-electron chi connectivity index (χ1n) is 6.78. The second-order valence-electron chi connectivity index (χ2n) is 4.54. The van der Waals surface area contributed by atoms with Crippen LogP contribution in [0.25, 0.3) is 0 Å². The van der Waals surface area contributed by atoms with Crippen LogP contribution in [0.3, 0.4) is 0 Å². The average Bonchev–Trinajstić information content (AvgIpc) is 2.60. The number of nitro groups is 1. The molecule has 0 aliphatic rings. The molecule has 1 amide bonds. The number of hydrazone groups is 1. The third kappa shape index (κ3) is 4.64. The minimum atomic E-state index is -0.524. The molecule has 0 aromatic heterocycles. The zero-order chi connectivity index (χ0) is 17.4. The molecule has 0 saturated heterocycles. The van der Waals surface area contributed by atoms with Gasteiger partial charge < -0.3 is 4.74 Å². The Morgan fingerprint density at radius 1 is 1.33 bits per heavy atom. The maximum Gasteiger partial charge on any atom is 0.277 e. The predicted molar refractivity (Wildman–Crippen MR) is 85.5 cm³/mol. The topological polar surface area (TPSA) is 118 Å². The number of para-hydroxylation sites is 1. The van der Waals surface area contributed by atoms with Crippen molar-refractivity contribution in [1.29, 1.82) is 5.26 Å². The molecule has 0 heterocycles. The Balaban J connectivity index is 1.88. The number of benzene rings is 2. The lowest BCUT2D eigenvalue weighted by Gasteiger charge is -2.06. The number of hydrogen-bond acceptors (Lipinski definition) is 6. The molecule has 1 N–H and O–H groups in total. The van der Waals surface area contributed by atoms with Gasteiger partial charge in [-0.15, -0.1) is 0 Å². The summed E-state index contributed by atoms with van der Waals surface area (Å²) in [6, 6.07) is 14.3. The number of rotatable bonds is 6. The summed E-state index contributed by atoms with van der Waals surface area (Å²) in [7, 11) is 0. The van der Waals surface area contributed by atoms with Gasteiger partial charge in [-0.2, -0.15) is 10.4 Å². The molecular formula is C16H12N4O4. The summed E-state index contributed by atoms with van der Waals surface area (Å²) in [5.41, 5.74) is 2.97. The molecule has 120 valence electrons. The molecule has 0 unspecified atom stereocenters. The highest BCUT2D eigenvalue weighted by Gasteiger charge is 2.06. The van der Waals surface area contributed by atoms with Gasteiger partial charge in [0.05, 0.1) is 16.7 Å². The fourth-order valence-electron chi connectivity index (χ4n) is 1.76. The van der Waals surface area contributed by atoms with Crippen molar-refractivity contribution in [3.8, 4) is 11.8 Å². The molecule has 0 radical (unpaired) electrons. The Kier molecular flexibility index (Phi) is 5.58. The van der Waals surface area contributed by atoms with Crippen molar-refractivity contribution in [2.24, 2.45) is 5.10 Å². The van der Waals surface area contributed by atoms with Crippen LogP contribution in [0.1, 0.15) is 11.1 Å². The molecule has 0 spiro atoms. The third-order valence-electron chi connectivity index (χ3n) is 2.85. The van der Waals surface area contributed by atoms with Crippen LogP contribution in [0.5, 0.6) is 5.75 Å². The van der Waals surface area contributed by atoms with Gasteiger partial charge in [0.15, 0.2) is 6.61 Å². The van der Waals surface area contributed by atoms with Gasteiger partial charge in [-0.3, -0.25) is 14.9 Å². The van der Waals surface area contributed by atoms with Gasteiger partial charge in [-0.05, 0) is 12.1 Å². The Morgan fingerprint density at radius 3 is 2.88 bits per heavy atom. The quantitative estimate of drug-likeness (QED) is 0.495. The van der Waals surface area contributed by atoms with E-state index in [1.165, 1.54) is 24.4 Å². The largest absolute Gasteiger partial charge is 0.482 e. The molecule has 2 aromatic carbocycles. The van der Waals surface area contributed by atoms with Crippen LogP contribution in [-0.2, 0) is 4.79 Å². The van der Waals surface area contributed by atoms with Crippen molar-refractivity contribution < 1.29 is 14.5 Å². The summed E-state index contributed by atoms with van der Waals surface area (Å²) in [6.45, 7) is -0.315. The van der Waals surface area contributed by atoms with E-state index in [4.69, 9.17) is 10.00 Å². The maximum atomic E-state index is 11.6. The standard InChI is InChI=1S/C16H12N4O4/c17-9-13-5-1-2-7-15(13)24-11-16(21)19-18-10-12-4-3-6-14(8-12)20(22)23/h1-8,10H,11H2,(H,19,21). The fraction of sp³-hybridized carbons (Fsp3) is 0.0625. The number of non-ortho nitro benzene ring substituents is 1. The Morgan fingerprint density at radius 2 is 2.12 bits per heavy atom. The van der Waals surface area contributed by atoms with Gasteiger partial charge in [-0.1, -0.05) is 24.3 Å². The molecule has 24 heavy (non-hydrogen) atoms. The number of nitrogens with zero attached hydrogens (tertiary/aromatic N) is 3. The van der Waals surface area contributed by atoms with Gasteiger partial charge in [-0.25, -0.2) is 5.43 Å². The number of amides is 1. The summed E-state index contributed by atoms with van der Waals surface area (Å²) in [5.74, 6) is -0.220. The normalized spacial score (nSPS) is 10.1. The van der Waals surface area contributed by atoms with Gasteiger partial charge in [0.2, 0.25) is 0 Å². The number of nitriles is 1. The lowest BCUT2D eigenvalue weighted by atomic mass is 10.2. The molecule has 0 aliphatic heterocycles. The van der Waals surface area contributed by atoms with E-state index in [9.17, 15) is 14.9 Å². The van der Waals surface area contributed by atoms with Gasteiger partial charge in [0.25, 0.3) is 11.6 Å². The van der Waals surface area contributed by atoms with Crippen molar-refractivity contribution in [3.63, 3.8) is 0 Å². The molecule has 0 saturated carbocycles. The highest BCUT2D eigenvalue weighted by molar-refractivity contribution is 5.83. The van der Waals surface area contributed by atoms with Crippen LogP contribution in [0.4, 0.5) is 5.69 Å². The second kappa shape index (κ2) is 8.05. The van der Waals surface area contributed by atoms with Crippen molar-refractivity contribution in [2.75, 3.05) is 6.61 Å². The van der Waals surface area contributed by atoms with Crippen molar-refractivity contribution in [1.82, 2.24) is 5.43 Å². The molecule has 0 aliphatic carbocycles. The zero-order valence-corrected chi connectivity index (χ0v) is 12.4. The molecule has 0 atom stereocenters. The Bertz CT molecular complexity index is 827. The lowest BCUT2D eigenvalue weighted by molar-refractivity contribution is -0.384. The number of ether oxygens (including phenoxy) is 1. The van der Waals surface area contributed by atoms with Crippen LogP contribution < -0.4 is 10.2 Å². The van der Waals surface area contributed by atoms with E-state index in [-0.39, 0.29) is 12.3 Å². The number of nitro benzene ring substituents is 1. The summed E-state index contributed by atoms with van der Waals surface area (Å²) >= 11 is 0. The Labute approximate surface area is 137 Å². The summed E-state index contributed by atoms with van der Waals surface area (Å²) < 4.78 is 5.25. The van der Waals surface area contributed by atoms with Crippen LogP contribution in [0, 0.1) is 21.4 Å². The number of carbonyl (C=O) groups is 1.